The fraction of sp³-hybridized carbons (Fsp3) is 0.381. The van der Waals surface area contributed by atoms with Crippen LogP contribution in [0, 0.1) is 0 Å². The van der Waals surface area contributed by atoms with E-state index in [4.69, 9.17) is 16.3 Å². The summed E-state index contributed by atoms with van der Waals surface area (Å²) in [5, 5.41) is 4.09. The zero-order valence-corrected chi connectivity index (χ0v) is 17.1. The van der Waals surface area contributed by atoms with Gasteiger partial charge in [-0.2, -0.15) is 0 Å². The summed E-state index contributed by atoms with van der Waals surface area (Å²) in [6.07, 6.45) is 2.30. The maximum Gasteiger partial charge on any atom is 0.223 e. The Labute approximate surface area is 172 Å². The molecule has 27 heavy (non-hydrogen) atoms. The fourth-order valence-electron chi connectivity index (χ4n) is 3.39. The summed E-state index contributed by atoms with van der Waals surface area (Å²) in [6.45, 7) is 2.34. The van der Waals surface area contributed by atoms with E-state index in [1.165, 1.54) is 5.56 Å². The number of ether oxygens (including phenoxy) is 1. The van der Waals surface area contributed by atoms with Crippen molar-refractivity contribution in [3.8, 4) is 5.75 Å². The Morgan fingerprint density at radius 3 is 2.74 bits per heavy atom. The van der Waals surface area contributed by atoms with Crippen molar-refractivity contribution in [2.45, 2.75) is 25.3 Å². The molecule has 0 spiro atoms. The van der Waals surface area contributed by atoms with Crippen LogP contribution in [0.1, 0.15) is 30.0 Å². The average Bonchev–Trinajstić information content (AvgIpc) is 2.68. The highest BCUT2D eigenvalue weighted by Crippen LogP contribution is 2.25. The van der Waals surface area contributed by atoms with Crippen molar-refractivity contribution in [3.63, 3.8) is 0 Å². The molecule has 1 atom stereocenters. The summed E-state index contributed by atoms with van der Waals surface area (Å²) in [4.78, 5) is 14.8. The molecule has 1 N–H and O–H groups in total. The third-order valence-electron chi connectivity index (χ3n) is 4.81. The highest BCUT2D eigenvalue weighted by atomic mass is 35.5. The zero-order valence-electron chi connectivity index (χ0n) is 15.5. The molecule has 146 valence electrons. The SMILES string of the molecule is COc1ccc(CCCC(=O)N2CCNCC2c2cccc(Cl)c2)cc1.Cl. The van der Waals surface area contributed by atoms with Gasteiger partial charge >= 0.3 is 0 Å². The van der Waals surface area contributed by atoms with Gasteiger partial charge in [0.2, 0.25) is 5.91 Å². The molecule has 4 nitrogen and oxygen atoms in total. The van der Waals surface area contributed by atoms with E-state index in [1.54, 1.807) is 7.11 Å². The first-order chi connectivity index (χ1) is 12.7. The number of hydrogen-bond donors (Lipinski definition) is 1. The lowest BCUT2D eigenvalue weighted by molar-refractivity contribution is -0.134. The molecule has 1 aliphatic rings. The number of aryl methyl sites for hydroxylation is 1. The molecule has 1 amide bonds. The number of carbonyl (C=O) groups excluding carboxylic acids is 1. The molecule has 0 aromatic heterocycles. The number of hydrogen-bond acceptors (Lipinski definition) is 3. The van der Waals surface area contributed by atoms with Gasteiger partial charge in [0, 0.05) is 31.1 Å². The van der Waals surface area contributed by atoms with Crippen LogP contribution in [0.5, 0.6) is 5.75 Å². The van der Waals surface area contributed by atoms with Gasteiger partial charge in [0.1, 0.15) is 5.75 Å². The molecule has 0 bridgehead atoms. The van der Waals surface area contributed by atoms with E-state index < -0.39 is 0 Å². The van der Waals surface area contributed by atoms with Gasteiger partial charge in [-0.25, -0.2) is 0 Å². The molecular formula is C21H26Cl2N2O2. The van der Waals surface area contributed by atoms with Gasteiger partial charge in [0.25, 0.3) is 0 Å². The molecule has 1 fully saturated rings. The van der Waals surface area contributed by atoms with Crippen molar-refractivity contribution < 1.29 is 9.53 Å². The quantitative estimate of drug-likeness (QED) is 0.775. The Bertz CT molecular complexity index is 737. The molecule has 0 saturated carbocycles. The van der Waals surface area contributed by atoms with Crippen LogP contribution >= 0.6 is 24.0 Å². The second-order valence-corrected chi connectivity index (χ2v) is 7.00. The first-order valence-electron chi connectivity index (χ1n) is 9.06. The Kier molecular flexibility index (Phi) is 8.42. The maximum absolute atomic E-state index is 12.8. The fourth-order valence-corrected chi connectivity index (χ4v) is 3.59. The van der Waals surface area contributed by atoms with Gasteiger partial charge in [-0.3, -0.25) is 4.79 Å². The zero-order chi connectivity index (χ0) is 18.4. The molecule has 1 unspecified atom stereocenters. The Morgan fingerprint density at radius 1 is 1.26 bits per heavy atom. The molecule has 1 aliphatic heterocycles. The summed E-state index contributed by atoms with van der Waals surface area (Å²) >= 11 is 6.13. The summed E-state index contributed by atoms with van der Waals surface area (Å²) < 4.78 is 5.18. The first-order valence-corrected chi connectivity index (χ1v) is 9.44. The van der Waals surface area contributed by atoms with Crippen LogP contribution in [0.4, 0.5) is 0 Å². The second kappa shape index (κ2) is 10.5. The monoisotopic (exact) mass is 408 g/mol. The Hall–Kier alpha value is -1.75. The van der Waals surface area contributed by atoms with E-state index in [0.29, 0.717) is 11.4 Å². The number of methoxy groups -OCH3 is 1. The van der Waals surface area contributed by atoms with Gasteiger partial charge in [-0.1, -0.05) is 35.9 Å². The maximum atomic E-state index is 12.8. The van der Waals surface area contributed by atoms with Crippen LogP contribution in [0.2, 0.25) is 5.02 Å². The molecule has 2 aromatic rings. The minimum Gasteiger partial charge on any atom is -0.497 e. The standard InChI is InChI=1S/C21H25ClN2O2.ClH/c1-26-19-10-8-16(9-11-19)4-2-7-21(25)24-13-12-23-15-20(24)17-5-3-6-18(22)14-17;/h3,5-6,8-11,14,20,23H,2,4,7,12-13,15H2,1H3;1H. The lowest BCUT2D eigenvalue weighted by Gasteiger charge is -2.36. The third kappa shape index (κ3) is 5.86. The Morgan fingerprint density at radius 2 is 2.04 bits per heavy atom. The summed E-state index contributed by atoms with van der Waals surface area (Å²) in [5.74, 6) is 1.07. The van der Waals surface area contributed by atoms with Gasteiger partial charge in [0.05, 0.1) is 13.2 Å². The largest absolute Gasteiger partial charge is 0.497 e. The highest BCUT2D eigenvalue weighted by molar-refractivity contribution is 6.30. The summed E-state index contributed by atoms with van der Waals surface area (Å²) in [6, 6.07) is 15.9. The van der Waals surface area contributed by atoms with Crippen molar-refractivity contribution >= 4 is 29.9 Å². The molecule has 1 saturated heterocycles. The van der Waals surface area contributed by atoms with Crippen LogP contribution in [0.15, 0.2) is 48.5 Å². The lowest BCUT2D eigenvalue weighted by Crippen LogP contribution is -2.48. The van der Waals surface area contributed by atoms with Crippen LogP contribution in [-0.4, -0.2) is 37.6 Å². The van der Waals surface area contributed by atoms with E-state index in [1.807, 2.05) is 41.3 Å². The minimum atomic E-state index is 0. The number of benzene rings is 2. The molecule has 6 heteroatoms. The third-order valence-corrected chi connectivity index (χ3v) is 5.05. The molecule has 0 aliphatic carbocycles. The number of piperazine rings is 1. The molecular weight excluding hydrogens is 383 g/mol. The lowest BCUT2D eigenvalue weighted by atomic mass is 10.0. The molecule has 1 heterocycles. The number of carbonyl (C=O) groups is 1. The van der Waals surface area contributed by atoms with Crippen LogP contribution in [0.25, 0.3) is 0 Å². The van der Waals surface area contributed by atoms with E-state index in [9.17, 15) is 4.79 Å². The van der Waals surface area contributed by atoms with Crippen molar-refractivity contribution in [2.24, 2.45) is 0 Å². The van der Waals surface area contributed by atoms with E-state index >= 15 is 0 Å². The number of amides is 1. The van der Waals surface area contributed by atoms with Gasteiger partial charge in [0.15, 0.2) is 0 Å². The van der Waals surface area contributed by atoms with Crippen LogP contribution in [0.3, 0.4) is 0 Å². The van der Waals surface area contributed by atoms with Crippen molar-refractivity contribution in [1.82, 2.24) is 10.2 Å². The predicted molar refractivity (Wildman–Crippen MR) is 112 cm³/mol. The normalized spacial score (nSPS) is 16.5. The predicted octanol–water partition coefficient (Wildman–Crippen LogP) is 4.27. The number of halogens is 2. The Balaban J connectivity index is 0.00000261. The number of nitrogens with one attached hydrogen (secondary N) is 1. The number of nitrogens with zero attached hydrogens (tertiary/aromatic N) is 1. The van der Waals surface area contributed by atoms with Gasteiger partial charge in [-0.05, 0) is 48.2 Å². The summed E-state index contributed by atoms with van der Waals surface area (Å²) in [5.41, 5.74) is 2.32. The number of rotatable bonds is 6. The van der Waals surface area contributed by atoms with E-state index in [2.05, 4.69) is 17.4 Å². The van der Waals surface area contributed by atoms with E-state index in [0.717, 1.165) is 43.8 Å². The molecule has 3 rings (SSSR count). The van der Waals surface area contributed by atoms with Crippen molar-refractivity contribution in [2.75, 3.05) is 26.7 Å². The second-order valence-electron chi connectivity index (χ2n) is 6.56. The average molecular weight is 409 g/mol. The topological polar surface area (TPSA) is 41.6 Å². The van der Waals surface area contributed by atoms with Crippen molar-refractivity contribution in [1.29, 1.82) is 0 Å². The molecule has 2 aromatic carbocycles. The first kappa shape index (κ1) is 21.5. The van der Waals surface area contributed by atoms with Crippen LogP contribution in [-0.2, 0) is 11.2 Å². The van der Waals surface area contributed by atoms with Gasteiger partial charge in [-0.15, -0.1) is 12.4 Å². The highest BCUT2D eigenvalue weighted by Gasteiger charge is 2.27. The van der Waals surface area contributed by atoms with Gasteiger partial charge < -0.3 is 15.0 Å². The summed E-state index contributed by atoms with van der Waals surface area (Å²) in [7, 11) is 1.66. The van der Waals surface area contributed by atoms with Crippen molar-refractivity contribution in [3.05, 3.63) is 64.7 Å². The minimum absolute atomic E-state index is 0. The molecule has 0 radical (unpaired) electrons. The van der Waals surface area contributed by atoms with Crippen LogP contribution < -0.4 is 10.1 Å². The smallest absolute Gasteiger partial charge is 0.223 e. The van der Waals surface area contributed by atoms with E-state index in [-0.39, 0.29) is 24.4 Å².